The average molecular weight is 302 g/mol. The lowest BCUT2D eigenvalue weighted by Crippen LogP contribution is -2.24. The van der Waals surface area contributed by atoms with Crippen LogP contribution >= 0.6 is 11.6 Å². The second kappa shape index (κ2) is 4.79. The van der Waals surface area contributed by atoms with Gasteiger partial charge in [0.05, 0.1) is 27.5 Å². The van der Waals surface area contributed by atoms with Gasteiger partial charge in [0.15, 0.2) is 0 Å². The number of nitrogens with zero attached hydrogens (tertiary/aromatic N) is 1. The first-order valence-corrected chi connectivity index (χ1v) is 6.64. The van der Waals surface area contributed by atoms with Crippen LogP contribution in [0.3, 0.4) is 0 Å². The number of carbonyl (C=O) groups excluding carboxylic acids is 2. The molecular weight excluding hydrogens is 290 g/mol. The Kier molecular flexibility index (Phi) is 3.07. The summed E-state index contributed by atoms with van der Waals surface area (Å²) in [6.45, 7) is 0. The number of nitrogens with one attached hydrogen (secondary N) is 1. The third-order valence-electron chi connectivity index (χ3n) is 3.42. The molecule has 0 atom stereocenters. The monoisotopic (exact) mass is 301 g/mol. The maximum Gasteiger partial charge on any atom is 0.261 e. The first kappa shape index (κ1) is 13.5. The van der Waals surface area contributed by atoms with Gasteiger partial charge in [-0.15, -0.1) is 0 Å². The summed E-state index contributed by atoms with van der Waals surface area (Å²) in [6.07, 6.45) is 0. The van der Waals surface area contributed by atoms with Crippen LogP contribution in [0.2, 0.25) is 5.02 Å². The summed E-state index contributed by atoms with van der Waals surface area (Å²) >= 11 is 5.96. The molecule has 3 N–H and O–H groups in total. The van der Waals surface area contributed by atoms with Gasteiger partial charge in [-0.05, 0) is 30.3 Å². The van der Waals surface area contributed by atoms with Crippen molar-refractivity contribution in [1.29, 1.82) is 0 Å². The van der Waals surface area contributed by atoms with Crippen molar-refractivity contribution in [2.24, 2.45) is 0 Å². The number of amides is 2. The van der Waals surface area contributed by atoms with Gasteiger partial charge in [-0.3, -0.25) is 14.5 Å². The van der Waals surface area contributed by atoms with Crippen LogP contribution in [0, 0.1) is 0 Å². The zero-order chi connectivity index (χ0) is 15.1. The van der Waals surface area contributed by atoms with E-state index in [1.54, 1.807) is 36.4 Å². The number of anilines is 3. The number of para-hydroxylation sites is 1. The molecule has 0 bridgehead atoms. The second-order valence-electron chi connectivity index (χ2n) is 4.76. The topological polar surface area (TPSA) is 75.4 Å². The number of halogens is 1. The zero-order valence-electron chi connectivity index (χ0n) is 11.2. The summed E-state index contributed by atoms with van der Waals surface area (Å²) in [6, 6.07) is 10.2. The molecule has 0 aromatic heterocycles. The molecule has 21 heavy (non-hydrogen) atoms. The van der Waals surface area contributed by atoms with Gasteiger partial charge in [0.2, 0.25) is 0 Å². The summed E-state index contributed by atoms with van der Waals surface area (Å²) in [4.78, 5) is 24.9. The van der Waals surface area contributed by atoms with Crippen molar-refractivity contribution in [3.05, 3.63) is 52.5 Å². The molecule has 0 saturated carbocycles. The SMILES string of the molecule is CN1C(=O)c2ccc(Nc3cccc(Cl)c3N)cc2C1=O. The summed E-state index contributed by atoms with van der Waals surface area (Å²) < 4.78 is 0. The quantitative estimate of drug-likeness (QED) is 0.660. The summed E-state index contributed by atoms with van der Waals surface area (Å²) in [7, 11) is 1.47. The van der Waals surface area contributed by atoms with Crippen LogP contribution in [0.1, 0.15) is 20.7 Å². The third kappa shape index (κ3) is 2.11. The summed E-state index contributed by atoms with van der Waals surface area (Å²) in [5, 5.41) is 3.55. The number of nitrogens with two attached hydrogens (primary N) is 1. The lowest BCUT2D eigenvalue weighted by atomic mass is 10.1. The Morgan fingerprint density at radius 1 is 1.10 bits per heavy atom. The number of rotatable bonds is 2. The molecular formula is C15H12ClN3O2. The minimum Gasteiger partial charge on any atom is -0.396 e. The Bertz CT molecular complexity index is 774. The molecule has 0 saturated heterocycles. The number of carbonyl (C=O) groups is 2. The largest absolute Gasteiger partial charge is 0.396 e. The Morgan fingerprint density at radius 2 is 1.81 bits per heavy atom. The Labute approximate surface area is 126 Å². The van der Waals surface area contributed by atoms with Gasteiger partial charge < -0.3 is 11.1 Å². The molecule has 2 aromatic carbocycles. The van der Waals surface area contributed by atoms with Crippen molar-refractivity contribution in [3.63, 3.8) is 0 Å². The molecule has 106 valence electrons. The fraction of sp³-hybridized carbons (Fsp3) is 0.0667. The maximum atomic E-state index is 12.0. The van der Waals surface area contributed by atoms with E-state index in [0.29, 0.717) is 33.2 Å². The molecule has 3 rings (SSSR count). The predicted molar refractivity (Wildman–Crippen MR) is 82.0 cm³/mol. The highest BCUT2D eigenvalue weighted by molar-refractivity contribution is 6.33. The van der Waals surface area contributed by atoms with Crippen LogP contribution < -0.4 is 11.1 Å². The number of nitrogen functional groups attached to an aromatic ring is 1. The molecule has 0 aliphatic carbocycles. The van der Waals surface area contributed by atoms with Crippen LogP contribution in [0.5, 0.6) is 0 Å². The minimum atomic E-state index is -0.308. The fourth-order valence-corrected chi connectivity index (χ4v) is 2.42. The molecule has 1 aliphatic rings. The van der Waals surface area contributed by atoms with Crippen molar-refractivity contribution in [2.75, 3.05) is 18.1 Å². The van der Waals surface area contributed by atoms with Crippen molar-refractivity contribution in [1.82, 2.24) is 4.90 Å². The Morgan fingerprint density at radius 3 is 2.57 bits per heavy atom. The first-order chi connectivity index (χ1) is 9.99. The molecule has 1 aliphatic heterocycles. The maximum absolute atomic E-state index is 12.0. The molecule has 6 heteroatoms. The fourth-order valence-electron chi connectivity index (χ4n) is 2.24. The van der Waals surface area contributed by atoms with Crippen LogP contribution in [0.25, 0.3) is 0 Å². The molecule has 0 spiro atoms. The predicted octanol–water partition coefficient (Wildman–Crippen LogP) is 2.89. The Hall–Kier alpha value is -2.53. The van der Waals surface area contributed by atoms with E-state index in [9.17, 15) is 9.59 Å². The lowest BCUT2D eigenvalue weighted by molar-refractivity contribution is 0.0693. The molecule has 1 heterocycles. The highest BCUT2D eigenvalue weighted by atomic mass is 35.5. The van der Waals surface area contributed by atoms with Gasteiger partial charge in [-0.1, -0.05) is 17.7 Å². The van der Waals surface area contributed by atoms with E-state index in [0.717, 1.165) is 4.90 Å². The van der Waals surface area contributed by atoms with Crippen LogP contribution in [0.4, 0.5) is 17.1 Å². The third-order valence-corrected chi connectivity index (χ3v) is 3.75. The molecule has 0 radical (unpaired) electrons. The Balaban J connectivity index is 1.98. The number of imide groups is 1. The van der Waals surface area contributed by atoms with Crippen LogP contribution in [-0.4, -0.2) is 23.8 Å². The van der Waals surface area contributed by atoms with E-state index in [1.165, 1.54) is 7.05 Å². The van der Waals surface area contributed by atoms with Gasteiger partial charge in [-0.2, -0.15) is 0 Å². The van der Waals surface area contributed by atoms with Crippen molar-refractivity contribution >= 4 is 40.5 Å². The van der Waals surface area contributed by atoms with Gasteiger partial charge in [-0.25, -0.2) is 0 Å². The number of hydrogen-bond acceptors (Lipinski definition) is 4. The molecule has 2 aromatic rings. The van der Waals surface area contributed by atoms with Gasteiger partial charge in [0.1, 0.15) is 0 Å². The number of fused-ring (bicyclic) bond motifs is 1. The van der Waals surface area contributed by atoms with E-state index in [-0.39, 0.29) is 11.8 Å². The zero-order valence-corrected chi connectivity index (χ0v) is 11.9. The van der Waals surface area contributed by atoms with Crippen LogP contribution in [-0.2, 0) is 0 Å². The molecule has 5 nitrogen and oxygen atoms in total. The van der Waals surface area contributed by atoms with Gasteiger partial charge in [0, 0.05) is 12.7 Å². The average Bonchev–Trinajstić information content (AvgIpc) is 2.69. The summed E-state index contributed by atoms with van der Waals surface area (Å²) in [5.41, 5.74) is 8.42. The van der Waals surface area contributed by atoms with E-state index < -0.39 is 0 Å². The normalized spacial score (nSPS) is 13.5. The molecule has 2 amide bonds. The standard InChI is InChI=1S/C15H12ClN3O2/c1-19-14(20)9-6-5-8(7-10(9)15(19)21)18-12-4-2-3-11(16)13(12)17/h2-7,18H,17H2,1H3. The number of benzene rings is 2. The molecule has 0 fully saturated rings. The van der Waals surface area contributed by atoms with Crippen molar-refractivity contribution in [3.8, 4) is 0 Å². The van der Waals surface area contributed by atoms with E-state index >= 15 is 0 Å². The van der Waals surface area contributed by atoms with E-state index in [1.807, 2.05) is 0 Å². The van der Waals surface area contributed by atoms with Gasteiger partial charge >= 0.3 is 0 Å². The van der Waals surface area contributed by atoms with Crippen LogP contribution in [0.15, 0.2) is 36.4 Å². The highest BCUT2D eigenvalue weighted by Gasteiger charge is 2.32. The van der Waals surface area contributed by atoms with E-state index in [4.69, 9.17) is 17.3 Å². The smallest absolute Gasteiger partial charge is 0.261 e. The van der Waals surface area contributed by atoms with Crippen molar-refractivity contribution < 1.29 is 9.59 Å². The van der Waals surface area contributed by atoms with Crippen molar-refractivity contribution in [2.45, 2.75) is 0 Å². The second-order valence-corrected chi connectivity index (χ2v) is 5.16. The number of hydrogen-bond donors (Lipinski definition) is 2. The van der Waals surface area contributed by atoms with E-state index in [2.05, 4.69) is 5.32 Å². The molecule has 0 unspecified atom stereocenters. The minimum absolute atomic E-state index is 0.288. The summed E-state index contributed by atoms with van der Waals surface area (Å²) in [5.74, 6) is -0.596. The lowest BCUT2D eigenvalue weighted by Gasteiger charge is -2.10. The van der Waals surface area contributed by atoms with Gasteiger partial charge in [0.25, 0.3) is 11.8 Å². The highest BCUT2D eigenvalue weighted by Crippen LogP contribution is 2.31. The first-order valence-electron chi connectivity index (χ1n) is 6.26.